The van der Waals surface area contributed by atoms with E-state index in [-0.39, 0.29) is 30.1 Å². The van der Waals surface area contributed by atoms with Gasteiger partial charge in [-0.25, -0.2) is 4.98 Å². The number of aliphatic imine (C=N–C) groups is 1. The number of rotatable bonds is 7. The number of pyridine rings is 1. The molecule has 0 bridgehead atoms. The predicted molar refractivity (Wildman–Crippen MR) is 135 cm³/mol. The highest BCUT2D eigenvalue weighted by molar-refractivity contribution is 14.0. The molecule has 1 aliphatic rings. The maximum atomic E-state index is 5.98. The minimum absolute atomic E-state index is 0. The molecule has 0 amide bonds. The van der Waals surface area contributed by atoms with Gasteiger partial charge in [0.15, 0.2) is 17.5 Å². The second-order valence-electron chi connectivity index (χ2n) is 7.05. The van der Waals surface area contributed by atoms with Crippen LogP contribution in [0.4, 0.5) is 0 Å². The average Bonchev–Trinajstić information content (AvgIpc) is 2.84. The summed E-state index contributed by atoms with van der Waals surface area (Å²) in [4.78, 5) is 8.67. The number of para-hydroxylation sites is 2. The molecule has 32 heavy (non-hydrogen) atoms. The van der Waals surface area contributed by atoms with Gasteiger partial charge in [0, 0.05) is 25.4 Å². The molecule has 4 rings (SSSR count). The Hall–Kier alpha value is -3.01. The van der Waals surface area contributed by atoms with Crippen LogP contribution in [0.25, 0.3) is 0 Å². The summed E-state index contributed by atoms with van der Waals surface area (Å²) in [5.41, 5.74) is 2.05. The average molecular weight is 546 g/mol. The van der Waals surface area contributed by atoms with Crippen molar-refractivity contribution in [1.29, 1.82) is 0 Å². The topological polar surface area (TPSA) is 77.0 Å². The first kappa shape index (κ1) is 23.6. The molecular formula is C24H27IN4O3. The molecule has 1 aromatic heterocycles. The summed E-state index contributed by atoms with van der Waals surface area (Å²) < 4.78 is 17.7. The van der Waals surface area contributed by atoms with E-state index < -0.39 is 0 Å². The molecule has 2 N–H and O–H groups in total. The smallest absolute Gasteiger partial charge is 0.218 e. The number of fused-ring (bicyclic) bond motifs is 1. The first-order chi connectivity index (χ1) is 15.3. The van der Waals surface area contributed by atoms with E-state index >= 15 is 0 Å². The molecule has 0 saturated heterocycles. The summed E-state index contributed by atoms with van der Waals surface area (Å²) in [6, 6.07) is 21.6. The Morgan fingerprint density at radius 2 is 1.81 bits per heavy atom. The maximum Gasteiger partial charge on any atom is 0.218 e. The van der Waals surface area contributed by atoms with Gasteiger partial charge in [0.1, 0.15) is 19.3 Å². The number of guanidine groups is 1. The quantitative estimate of drug-likeness (QED) is 0.267. The van der Waals surface area contributed by atoms with Crippen LogP contribution in [0, 0.1) is 0 Å². The van der Waals surface area contributed by atoms with Gasteiger partial charge >= 0.3 is 0 Å². The normalized spacial score (nSPS) is 14.8. The van der Waals surface area contributed by atoms with Crippen LogP contribution in [-0.2, 0) is 13.2 Å². The van der Waals surface area contributed by atoms with Gasteiger partial charge in [0.05, 0.1) is 6.54 Å². The van der Waals surface area contributed by atoms with Crippen LogP contribution >= 0.6 is 24.0 Å². The Labute approximate surface area is 205 Å². The minimum atomic E-state index is -0.100. The van der Waals surface area contributed by atoms with E-state index in [4.69, 9.17) is 14.2 Å². The fourth-order valence-corrected chi connectivity index (χ4v) is 3.19. The van der Waals surface area contributed by atoms with Gasteiger partial charge in [0.2, 0.25) is 5.88 Å². The number of benzene rings is 2. The molecule has 0 radical (unpaired) electrons. The third kappa shape index (κ3) is 6.49. The molecule has 0 aliphatic carbocycles. The van der Waals surface area contributed by atoms with Crippen molar-refractivity contribution in [3.05, 3.63) is 84.1 Å². The number of aromatic nitrogens is 1. The van der Waals surface area contributed by atoms with E-state index in [0.29, 0.717) is 38.1 Å². The molecule has 8 heteroatoms. The van der Waals surface area contributed by atoms with Crippen molar-refractivity contribution in [3.8, 4) is 17.4 Å². The van der Waals surface area contributed by atoms with E-state index in [1.807, 2.05) is 66.7 Å². The zero-order valence-electron chi connectivity index (χ0n) is 17.9. The number of halogens is 1. The van der Waals surface area contributed by atoms with E-state index in [0.717, 1.165) is 22.6 Å². The number of hydrogen-bond acceptors (Lipinski definition) is 5. The number of hydrogen-bond donors (Lipinski definition) is 2. The fourth-order valence-electron chi connectivity index (χ4n) is 3.19. The predicted octanol–water partition coefficient (Wildman–Crippen LogP) is 3.78. The summed E-state index contributed by atoms with van der Waals surface area (Å²) >= 11 is 0. The van der Waals surface area contributed by atoms with E-state index in [1.54, 1.807) is 13.2 Å². The van der Waals surface area contributed by atoms with Crippen molar-refractivity contribution < 1.29 is 14.2 Å². The van der Waals surface area contributed by atoms with Crippen molar-refractivity contribution >= 4 is 29.9 Å². The molecule has 0 spiro atoms. The standard InChI is InChI=1S/C24H26N4O3.HI/c1-25-24(28-15-20-17-29-21-11-5-6-12-22(21)31-20)27-14-19-10-7-13-26-23(19)30-16-18-8-3-2-4-9-18;/h2-13,20H,14-17H2,1H3,(H2,25,27,28);1H. The van der Waals surface area contributed by atoms with Crippen molar-refractivity contribution in [2.75, 3.05) is 20.2 Å². The summed E-state index contributed by atoms with van der Waals surface area (Å²) in [6.07, 6.45) is 1.63. The number of ether oxygens (including phenoxy) is 3. The van der Waals surface area contributed by atoms with Crippen LogP contribution in [0.15, 0.2) is 77.9 Å². The third-order valence-electron chi connectivity index (χ3n) is 4.80. The monoisotopic (exact) mass is 546 g/mol. The van der Waals surface area contributed by atoms with Crippen LogP contribution in [-0.4, -0.2) is 37.2 Å². The zero-order chi connectivity index (χ0) is 21.3. The zero-order valence-corrected chi connectivity index (χ0v) is 20.2. The van der Waals surface area contributed by atoms with Crippen LogP contribution < -0.4 is 24.8 Å². The highest BCUT2D eigenvalue weighted by Crippen LogP contribution is 2.30. The van der Waals surface area contributed by atoms with Crippen LogP contribution in [0.1, 0.15) is 11.1 Å². The van der Waals surface area contributed by atoms with Gasteiger partial charge in [-0.1, -0.05) is 48.5 Å². The molecule has 1 unspecified atom stereocenters. The molecule has 1 atom stereocenters. The van der Waals surface area contributed by atoms with Gasteiger partial charge in [-0.15, -0.1) is 24.0 Å². The highest BCUT2D eigenvalue weighted by atomic mass is 127. The Bertz CT molecular complexity index is 1020. The van der Waals surface area contributed by atoms with Gasteiger partial charge in [-0.2, -0.15) is 0 Å². The largest absolute Gasteiger partial charge is 0.486 e. The van der Waals surface area contributed by atoms with Gasteiger partial charge in [-0.05, 0) is 23.8 Å². The molecule has 2 aromatic carbocycles. The number of nitrogens with one attached hydrogen (secondary N) is 2. The summed E-state index contributed by atoms with van der Waals surface area (Å²) in [5, 5.41) is 6.60. The van der Waals surface area contributed by atoms with Crippen LogP contribution in [0.3, 0.4) is 0 Å². The molecule has 0 fully saturated rings. The summed E-state index contributed by atoms with van der Waals surface area (Å²) in [6.45, 7) is 2.06. The van der Waals surface area contributed by atoms with E-state index in [2.05, 4.69) is 20.6 Å². The SMILES string of the molecule is CN=C(NCc1cccnc1OCc1ccccc1)NCC1COc2ccccc2O1.I. The van der Waals surface area contributed by atoms with Crippen molar-refractivity contribution in [3.63, 3.8) is 0 Å². The first-order valence-electron chi connectivity index (χ1n) is 10.3. The van der Waals surface area contributed by atoms with E-state index in [1.165, 1.54) is 0 Å². The lowest BCUT2D eigenvalue weighted by molar-refractivity contribution is 0.0936. The Kier molecular flexibility index (Phi) is 8.97. The Morgan fingerprint density at radius 1 is 1.03 bits per heavy atom. The molecule has 7 nitrogen and oxygen atoms in total. The molecule has 1 aliphatic heterocycles. The van der Waals surface area contributed by atoms with Crippen molar-refractivity contribution in [2.24, 2.45) is 4.99 Å². The van der Waals surface area contributed by atoms with Crippen molar-refractivity contribution in [1.82, 2.24) is 15.6 Å². The fraction of sp³-hybridized carbons (Fsp3) is 0.250. The first-order valence-corrected chi connectivity index (χ1v) is 10.3. The molecule has 168 valence electrons. The van der Waals surface area contributed by atoms with Crippen molar-refractivity contribution in [2.45, 2.75) is 19.3 Å². The van der Waals surface area contributed by atoms with Crippen LogP contribution in [0.2, 0.25) is 0 Å². The lowest BCUT2D eigenvalue weighted by Gasteiger charge is -2.27. The highest BCUT2D eigenvalue weighted by Gasteiger charge is 2.20. The molecule has 0 saturated carbocycles. The lowest BCUT2D eigenvalue weighted by atomic mass is 10.2. The van der Waals surface area contributed by atoms with Gasteiger partial charge in [-0.3, -0.25) is 4.99 Å². The maximum absolute atomic E-state index is 5.98. The lowest BCUT2D eigenvalue weighted by Crippen LogP contribution is -2.45. The Balaban J connectivity index is 0.00000289. The van der Waals surface area contributed by atoms with Gasteiger partial charge in [0.25, 0.3) is 0 Å². The third-order valence-corrected chi connectivity index (χ3v) is 4.80. The minimum Gasteiger partial charge on any atom is -0.486 e. The molecule has 3 aromatic rings. The van der Waals surface area contributed by atoms with Gasteiger partial charge < -0.3 is 24.8 Å². The van der Waals surface area contributed by atoms with E-state index in [9.17, 15) is 0 Å². The summed E-state index contributed by atoms with van der Waals surface area (Å²) in [7, 11) is 1.74. The van der Waals surface area contributed by atoms with Crippen LogP contribution in [0.5, 0.6) is 17.4 Å². The second kappa shape index (κ2) is 12.1. The second-order valence-corrected chi connectivity index (χ2v) is 7.05. The Morgan fingerprint density at radius 3 is 2.62 bits per heavy atom. The molecule has 2 heterocycles. The number of nitrogens with zero attached hydrogens (tertiary/aromatic N) is 2. The molecular weight excluding hydrogens is 519 g/mol. The summed E-state index contributed by atoms with van der Waals surface area (Å²) in [5.74, 6) is 2.81.